The Bertz CT molecular complexity index is 876. The lowest BCUT2D eigenvalue weighted by atomic mass is 10.1. The number of aromatic hydroxyl groups is 1. The summed E-state index contributed by atoms with van der Waals surface area (Å²) in [6.45, 7) is 4.40. The second-order valence-electron chi connectivity index (χ2n) is 5.07. The van der Waals surface area contributed by atoms with Crippen LogP contribution in [0.15, 0.2) is 51.7 Å². The zero-order valence-electron chi connectivity index (χ0n) is 12.4. The molecule has 0 radical (unpaired) electrons. The van der Waals surface area contributed by atoms with Crippen molar-refractivity contribution in [3.8, 4) is 22.8 Å². The van der Waals surface area contributed by atoms with E-state index in [1.807, 2.05) is 19.9 Å². The summed E-state index contributed by atoms with van der Waals surface area (Å²) >= 11 is 0. The molecule has 4 nitrogen and oxygen atoms in total. The summed E-state index contributed by atoms with van der Waals surface area (Å²) in [4.78, 5) is 12.3. The van der Waals surface area contributed by atoms with Crippen LogP contribution < -0.4 is 10.2 Å². The minimum Gasteiger partial charge on any atom is -0.502 e. The Labute approximate surface area is 127 Å². The van der Waals surface area contributed by atoms with Crippen LogP contribution in [0.4, 0.5) is 0 Å². The van der Waals surface area contributed by atoms with E-state index in [0.717, 1.165) is 11.3 Å². The van der Waals surface area contributed by atoms with Crippen LogP contribution in [0, 0.1) is 6.92 Å². The largest absolute Gasteiger partial charge is 0.502 e. The zero-order valence-corrected chi connectivity index (χ0v) is 12.4. The fourth-order valence-corrected chi connectivity index (χ4v) is 2.36. The van der Waals surface area contributed by atoms with Crippen LogP contribution >= 0.6 is 0 Å². The molecular formula is C18H16O4. The normalized spacial score (nSPS) is 10.8. The standard InChI is InChI=1S/C18H16O4/c1-3-21-13-7-5-12(6-8-13)18-17(20)16(19)14-9-4-11(2)10-15(14)22-18/h4-10,20H,3H2,1-2H3. The fourth-order valence-electron chi connectivity index (χ4n) is 2.36. The van der Waals surface area contributed by atoms with Crippen molar-refractivity contribution in [1.29, 1.82) is 0 Å². The molecule has 2 aromatic carbocycles. The topological polar surface area (TPSA) is 59.7 Å². The Hall–Kier alpha value is -2.75. The molecule has 0 aliphatic heterocycles. The van der Waals surface area contributed by atoms with Gasteiger partial charge >= 0.3 is 0 Å². The summed E-state index contributed by atoms with van der Waals surface area (Å²) in [5, 5.41) is 10.5. The smallest absolute Gasteiger partial charge is 0.235 e. The lowest BCUT2D eigenvalue weighted by molar-refractivity contribution is 0.340. The number of benzene rings is 2. The summed E-state index contributed by atoms with van der Waals surface area (Å²) in [7, 11) is 0. The second kappa shape index (κ2) is 5.56. The molecule has 0 bridgehead atoms. The minimum atomic E-state index is -0.426. The first-order chi connectivity index (χ1) is 10.6. The van der Waals surface area contributed by atoms with E-state index in [1.165, 1.54) is 0 Å². The molecule has 1 aromatic heterocycles. The van der Waals surface area contributed by atoms with Gasteiger partial charge in [-0.25, -0.2) is 0 Å². The van der Waals surface area contributed by atoms with E-state index < -0.39 is 5.43 Å². The van der Waals surface area contributed by atoms with E-state index in [2.05, 4.69) is 0 Å². The Morgan fingerprint density at radius 2 is 1.86 bits per heavy atom. The van der Waals surface area contributed by atoms with Crippen LogP contribution in [0.2, 0.25) is 0 Å². The van der Waals surface area contributed by atoms with E-state index in [-0.39, 0.29) is 11.5 Å². The van der Waals surface area contributed by atoms with Gasteiger partial charge in [0.15, 0.2) is 5.76 Å². The maximum absolute atomic E-state index is 12.3. The van der Waals surface area contributed by atoms with E-state index in [9.17, 15) is 9.90 Å². The van der Waals surface area contributed by atoms with Crippen LogP contribution in [-0.4, -0.2) is 11.7 Å². The monoisotopic (exact) mass is 296 g/mol. The summed E-state index contributed by atoms with van der Waals surface area (Å²) < 4.78 is 11.1. The molecule has 3 aromatic rings. The molecule has 112 valence electrons. The van der Waals surface area contributed by atoms with Crippen molar-refractivity contribution >= 4 is 11.0 Å². The van der Waals surface area contributed by atoms with Crippen molar-refractivity contribution < 1.29 is 14.3 Å². The van der Waals surface area contributed by atoms with Crippen LogP contribution in [0.5, 0.6) is 11.5 Å². The van der Waals surface area contributed by atoms with E-state index >= 15 is 0 Å². The molecule has 0 unspecified atom stereocenters. The molecular weight excluding hydrogens is 280 g/mol. The molecule has 0 atom stereocenters. The molecule has 0 saturated carbocycles. The van der Waals surface area contributed by atoms with Gasteiger partial charge in [-0.3, -0.25) is 4.79 Å². The SMILES string of the molecule is CCOc1ccc(-c2oc3cc(C)ccc3c(=O)c2O)cc1. The van der Waals surface area contributed by atoms with Gasteiger partial charge in [0, 0.05) is 5.56 Å². The van der Waals surface area contributed by atoms with E-state index in [4.69, 9.17) is 9.15 Å². The molecule has 4 heteroatoms. The molecule has 0 aliphatic rings. The van der Waals surface area contributed by atoms with Gasteiger partial charge in [0.05, 0.1) is 12.0 Å². The number of rotatable bonds is 3. The Morgan fingerprint density at radius 3 is 2.55 bits per heavy atom. The minimum absolute atomic E-state index is 0.172. The second-order valence-corrected chi connectivity index (χ2v) is 5.07. The molecule has 0 saturated heterocycles. The van der Waals surface area contributed by atoms with Crippen molar-refractivity contribution in [3.05, 3.63) is 58.3 Å². The van der Waals surface area contributed by atoms with Crippen LogP contribution in [0.3, 0.4) is 0 Å². The van der Waals surface area contributed by atoms with Crippen molar-refractivity contribution in [2.75, 3.05) is 6.61 Å². The molecule has 0 fully saturated rings. The summed E-state index contributed by atoms with van der Waals surface area (Å²) in [6, 6.07) is 12.3. The van der Waals surface area contributed by atoms with Gasteiger partial charge < -0.3 is 14.3 Å². The Kier molecular flexibility index (Phi) is 3.59. The third-order valence-corrected chi connectivity index (χ3v) is 3.45. The molecule has 0 aliphatic carbocycles. The molecule has 0 amide bonds. The number of hydrogen-bond donors (Lipinski definition) is 1. The Morgan fingerprint density at radius 1 is 1.14 bits per heavy atom. The molecule has 0 spiro atoms. The van der Waals surface area contributed by atoms with Gasteiger partial charge in [-0.05, 0) is 55.8 Å². The first-order valence-electron chi connectivity index (χ1n) is 7.10. The van der Waals surface area contributed by atoms with Crippen molar-refractivity contribution in [1.82, 2.24) is 0 Å². The fraction of sp³-hybridized carbons (Fsp3) is 0.167. The average Bonchev–Trinajstić information content (AvgIpc) is 2.52. The lowest BCUT2D eigenvalue weighted by Gasteiger charge is -2.08. The van der Waals surface area contributed by atoms with Crippen molar-refractivity contribution in [2.45, 2.75) is 13.8 Å². The number of fused-ring (bicyclic) bond motifs is 1. The highest BCUT2D eigenvalue weighted by molar-refractivity contribution is 5.82. The maximum Gasteiger partial charge on any atom is 0.235 e. The molecule has 22 heavy (non-hydrogen) atoms. The maximum atomic E-state index is 12.3. The van der Waals surface area contributed by atoms with Crippen LogP contribution in [-0.2, 0) is 0 Å². The zero-order chi connectivity index (χ0) is 15.7. The molecule has 3 rings (SSSR count). The Balaban J connectivity index is 2.17. The highest BCUT2D eigenvalue weighted by Crippen LogP contribution is 2.31. The summed E-state index contributed by atoms with van der Waals surface area (Å²) in [5.74, 6) is 0.524. The number of hydrogen-bond acceptors (Lipinski definition) is 4. The average molecular weight is 296 g/mol. The van der Waals surface area contributed by atoms with Gasteiger partial charge in [0.25, 0.3) is 0 Å². The van der Waals surface area contributed by atoms with Gasteiger partial charge in [-0.1, -0.05) is 6.07 Å². The van der Waals surface area contributed by atoms with Gasteiger partial charge in [-0.2, -0.15) is 0 Å². The predicted molar refractivity (Wildman–Crippen MR) is 85.5 cm³/mol. The van der Waals surface area contributed by atoms with Crippen LogP contribution in [0.1, 0.15) is 12.5 Å². The number of ether oxygens (including phenoxy) is 1. The lowest BCUT2D eigenvalue weighted by Crippen LogP contribution is -2.02. The predicted octanol–water partition coefficient (Wildman–Crippen LogP) is 3.87. The van der Waals surface area contributed by atoms with Crippen LogP contribution in [0.25, 0.3) is 22.3 Å². The van der Waals surface area contributed by atoms with Gasteiger partial charge in [-0.15, -0.1) is 0 Å². The third-order valence-electron chi connectivity index (χ3n) is 3.45. The molecule has 1 N–H and O–H groups in total. The van der Waals surface area contributed by atoms with E-state index in [0.29, 0.717) is 23.1 Å². The summed E-state index contributed by atoms with van der Waals surface area (Å²) in [5.41, 5.74) is 1.65. The van der Waals surface area contributed by atoms with Crippen molar-refractivity contribution in [3.63, 3.8) is 0 Å². The highest BCUT2D eigenvalue weighted by atomic mass is 16.5. The third kappa shape index (κ3) is 2.44. The van der Waals surface area contributed by atoms with Gasteiger partial charge in [0.1, 0.15) is 11.3 Å². The van der Waals surface area contributed by atoms with Gasteiger partial charge in [0.2, 0.25) is 11.2 Å². The molecule has 1 heterocycles. The van der Waals surface area contributed by atoms with Crippen molar-refractivity contribution in [2.24, 2.45) is 0 Å². The summed E-state index contributed by atoms with van der Waals surface area (Å²) in [6.07, 6.45) is 0. The highest BCUT2D eigenvalue weighted by Gasteiger charge is 2.15. The van der Waals surface area contributed by atoms with E-state index in [1.54, 1.807) is 36.4 Å². The quantitative estimate of drug-likeness (QED) is 0.797. The number of aryl methyl sites for hydroxylation is 1. The first-order valence-corrected chi connectivity index (χ1v) is 7.10. The first kappa shape index (κ1) is 14.2.